The number of nitrogens with zero attached hydrogens (tertiary/aromatic N) is 3. The van der Waals surface area contributed by atoms with Crippen molar-refractivity contribution < 1.29 is 4.74 Å². The Morgan fingerprint density at radius 1 is 1.26 bits per heavy atom. The van der Waals surface area contributed by atoms with Crippen LogP contribution < -0.4 is 5.32 Å². The molecule has 2 heterocycles. The molecule has 0 radical (unpaired) electrons. The molecule has 0 saturated heterocycles. The number of hydrogen-bond donors (Lipinski definition) is 1. The Balaban J connectivity index is 2.09. The van der Waals surface area contributed by atoms with Gasteiger partial charge in [-0.15, -0.1) is 0 Å². The molecule has 0 fully saturated rings. The lowest BCUT2D eigenvalue weighted by molar-refractivity contribution is 0.106. The van der Waals surface area contributed by atoms with E-state index < -0.39 is 0 Å². The fourth-order valence-electron chi connectivity index (χ4n) is 1.82. The second-order valence-corrected chi connectivity index (χ2v) is 4.62. The summed E-state index contributed by atoms with van der Waals surface area (Å²) in [6.45, 7) is 6.08. The molecule has 5 nitrogen and oxygen atoms in total. The van der Waals surface area contributed by atoms with Crippen LogP contribution in [0, 0.1) is 6.92 Å². The first kappa shape index (κ1) is 13.5. The Kier molecular flexibility index (Phi) is 4.16. The van der Waals surface area contributed by atoms with Crippen molar-refractivity contribution in [1.29, 1.82) is 0 Å². The van der Waals surface area contributed by atoms with Crippen molar-refractivity contribution in [2.45, 2.75) is 32.9 Å². The van der Waals surface area contributed by atoms with Crippen molar-refractivity contribution in [2.24, 2.45) is 0 Å². The molecule has 0 saturated carbocycles. The summed E-state index contributed by atoms with van der Waals surface area (Å²) in [5, 5.41) is 3.37. The van der Waals surface area contributed by atoms with Gasteiger partial charge in [-0.1, -0.05) is 0 Å². The fourth-order valence-corrected chi connectivity index (χ4v) is 1.82. The highest BCUT2D eigenvalue weighted by Crippen LogP contribution is 2.13. The Labute approximate surface area is 113 Å². The smallest absolute Gasteiger partial charge is 0.138 e. The predicted octanol–water partition coefficient (Wildman–Crippen LogP) is 2.41. The number of rotatable bonds is 5. The van der Waals surface area contributed by atoms with Crippen molar-refractivity contribution in [3.05, 3.63) is 36.5 Å². The third-order valence-corrected chi connectivity index (χ3v) is 3.29. The normalized spacial score (nSPS) is 14.1. The molecule has 0 spiro atoms. The molecule has 19 heavy (non-hydrogen) atoms. The maximum absolute atomic E-state index is 5.29. The van der Waals surface area contributed by atoms with Gasteiger partial charge in [-0.25, -0.2) is 9.97 Å². The van der Waals surface area contributed by atoms with Crippen LogP contribution in [0.3, 0.4) is 0 Å². The van der Waals surface area contributed by atoms with Crippen LogP contribution >= 0.6 is 0 Å². The second kappa shape index (κ2) is 5.84. The van der Waals surface area contributed by atoms with Gasteiger partial charge in [0.2, 0.25) is 0 Å². The zero-order valence-electron chi connectivity index (χ0n) is 11.8. The third-order valence-electron chi connectivity index (χ3n) is 3.29. The van der Waals surface area contributed by atoms with Crippen molar-refractivity contribution >= 4 is 5.69 Å². The van der Waals surface area contributed by atoms with Crippen LogP contribution in [0.5, 0.6) is 0 Å². The molecule has 0 amide bonds. The van der Waals surface area contributed by atoms with Crippen LogP contribution in [0.25, 0.3) is 5.82 Å². The molecule has 0 aliphatic rings. The van der Waals surface area contributed by atoms with Crippen LogP contribution in [0.15, 0.2) is 30.7 Å². The molecule has 0 aliphatic heterocycles. The molecule has 1 N–H and O–H groups in total. The third kappa shape index (κ3) is 3.12. The number of aryl methyl sites for hydroxylation is 1. The molecular weight excluding hydrogens is 240 g/mol. The van der Waals surface area contributed by atoms with Gasteiger partial charge in [0.25, 0.3) is 0 Å². The van der Waals surface area contributed by atoms with Gasteiger partial charge >= 0.3 is 0 Å². The van der Waals surface area contributed by atoms with Gasteiger partial charge in [0.1, 0.15) is 11.6 Å². The number of hydrogen-bond acceptors (Lipinski definition) is 4. The maximum Gasteiger partial charge on any atom is 0.138 e. The quantitative estimate of drug-likeness (QED) is 0.897. The van der Waals surface area contributed by atoms with E-state index in [1.54, 1.807) is 13.3 Å². The molecule has 2 unspecified atom stereocenters. The van der Waals surface area contributed by atoms with E-state index in [9.17, 15) is 0 Å². The maximum atomic E-state index is 5.29. The Hall–Kier alpha value is -1.88. The SMILES string of the molecule is COC(C)C(C)Nc1ccc(-n2ccnc2C)nc1. The molecule has 2 rings (SSSR count). The van der Waals surface area contributed by atoms with Crippen LogP contribution in [0.4, 0.5) is 5.69 Å². The highest BCUT2D eigenvalue weighted by molar-refractivity contribution is 5.44. The van der Waals surface area contributed by atoms with Crippen LogP contribution in [-0.2, 0) is 4.74 Å². The summed E-state index contributed by atoms with van der Waals surface area (Å²) in [5.74, 6) is 1.79. The largest absolute Gasteiger partial charge is 0.380 e. The first-order chi connectivity index (χ1) is 9.11. The summed E-state index contributed by atoms with van der Waals surface area (Å²) in [6.07, 6.45) is 5.65. The summed E-state index contributed by atoms with van der Waals surface area (Å²) in [6, 6.07) is 4.22. The molecule has 0 bridgehead atoms. The minimum Gasteiger partial charge on any atom is -0.380 e. The van der Waals surface area contributed by atoms with E-state index in [0.717, 1.165) is 17.3 Å². The topological polar surface area (TPSA) is 52.0 Å². The van der Waals surface area contributed by atoms with E-state index in [1.165, 1.54) is 0 Å². The molecule has 2 atom stereocenters. The van der Waals surface area contributed by atoms with Gasteiger partial charge < -0.3 is 10.1 Å². The lowest BCUT2D eigenvalue weighted by Gasteiger charge is -2.20. The van der Waals surface area contributed by atoms with Gasteiger partial charge in [-0.2, -0.15) is 0 Å². The van der Waals surface area contributed by atoms with Crippen molar-refractivity contribution in [1.82, 2.24) is 14.5 Å². The number of nitrogens with one attached hydrogen (secondary N) is 1. The molecule has 2 aromatic rings. The first-order valence-electron chi connectivity index (χ1n) is 6.37. The van der Waals surface area contributed by atoms with Crippen molar-refractivity contribution in [3.63, 3.8) is 0 Å². The Morgan fingerprint density at radius 3 is 2.58 bits per heavy atom. The fraction of sp³-hybridized carbons (Fsp3) is 0.429. The van der Waals surface area contributed by atoms with E-state index in [-0.39, 0.29) is 12.1 Å². The monoisotopic (exact) mass is 260 g/mol. The Bertz CT molecular complexity index is 520. The number of pyridine rings is 1. The van der Waals surface area contributed by atoms with Crippen LogP contribution in [0.2, 0.25) is 0 Å². The second-order valence-electron chi connectivity index (χ2n) is 4.62. The minimum atomic E-state index is 0.149. The van der Waals surface area contributed by atoms with Gasteiger partial charge in [-0.05, 0) is 32.9 Å². The van der Waals surface area contributed by atoms with Crippen LogP contribution in [0.1, 0.15) is 19.7 Å². The zero-order valence-corrected chi connectivity index (χ0v) is 11.8. The van der Waals surface area contributed by atoms with E-state index in [2.05, 4.69) is 22.2 Å². The summed E-state index contributed by atoms with van der Waals surface area (Å²) >= 11 is 0. The predicted molar refractivity (Wildman–Crippen MR) is 75.7 cm³/mol. The average molecular weight is 260 g/mol. The summed E-state index contributed by atoms with van der Waals surface area (Å²) < 4.78 is 7.24. The van der Waals surface area contributed by atoms with Gasteiger partial charge in [0.05, 0.1) is 18.0 Å². The van der Waals surface area contributed by atoms with E-state index in [4.69, 9.17) is 4.74 Å². The van der Waals surface area contributed by atoms with Crippen molar-refractivity contribution in [2.75, 3.05) is 12.4 Å². The first-order valence-corrected chi connectivity index (χ1v) is 6.37. The summed E-state index contributed by atoms with van der Waals surface area (Å²) in [5.41, 5.74) is 0.984. The van der Waals surface area contributed by atoms with Gasteiger partial charge in [-0.3, -0.25) is 4.57 Å². The molecule has 0 aliphatic carbocycles. The van der Waals surface area contributed by atoms with E-state index >= 15 is 0 Å². The number of anilines is 1. The summed E-state index contributed by atoms with van der Waals surface area (Å²) in [7, 11) is 1.71. The molecule has 0 aromatic carbocycles. The number of methoxy groups -OCH3 is 1. The van der Waals surface area contributed by atoms with Crippen LogP contribution in [-0.4, -0.2) is 33.8 Å². The van der Waals surface area contributed by atoms with E-state index in [0.29, 0.717) is 0 Å². The highest BCUT2D eigenvalue weighted by atomic mass is 16.5. The highest BCUT2D eigenvalue weighted by Gasteiger charge is 2.10. The lowest BCUT2D eigenvalue weighted by atomic mass is 10.2. The standard InChI is InChI=1S/C14H20N4O/c1-10(11(2)19-4)17-13-5-6-14(16-9-13)18-8-7-15-12(18)3/h5-11,17H,1-4H3. The van der Waals surface area contributed by atoms with Crippen molar-refractivity contribution in [3.8, 4) is 5.82 Å². The summed E-state index contributed by atoms with van der Waals surface area (Å²) in [4.78, 5) is 8.63. The van der Waals surface area contributed by atoms with E-state index in [1.807, 2.05) is 42.9 Å². The molecular formula is C14H20N4O. The van der Waals surface area contributed by atoms with Gasteiger partial charge in [0, 0.05) is 25.5 Å². The molecule has 102 valence electrons. The zero-order chi connectivity index (χ0) is 13.8. The van der Waals surface area contributed by atoms with Gasteiger partial charge in [0.15, 0.2) is 0 Å². The number of aromatic nitrogens is 3. The number of imidazole rings is 1. The number of ether oxygens (including phenoxy) is 1. The average Bonchev–Trinajstić information content (AvgIpc) is 2.85. The Morgan fingerprint density at radius 2 is 2.05 bits per heavy atom. The lowest BCUT2D eigenvalue weighted by Crippen LogP contribution is -2.29. The minimum absolute atomic E-state index is 0.149. The molecule has 2 aromatic heterocycles. The molecule has 5 heteroatoms.